The van der Waals surface area contributed by atoms with Gasteiger partial charge in [0, 0.05) is 10.9 Å². The van der Waals surface area contributed by atoms with Crippen LogP contribution in [0.3, 0.4) is 0 Å². The van der Waals surface area contributed by atoms with E-state index in [1.54, 1.807) is 18.2 Å². The quantitative estimate of drug-likeness (QED) is 0.633. The summed E-state index contributed by atoms with van der Waals surface area (Å²) < 4.78 is 24.9. The number of hydrazine groups is 1. The summed E-state index contributed by atoms with van der Waals surface area (Å²) in [6.07, 6.45) is 0. The maximum Gasteiger partial charge on any atom is 0.266 e. The molecule has 1 amide bonds. The number of carbonyl (C=O) groups excluding carboxylic acids is 1. The van der Waals surface area contributed by atoms with Crippen LogP contribution in [0.5, 0.6) is 5.75 Å². The number of hydrogen-bond donors (Lipinski definition) is 3. The number of phenolic OH excluding ortho intramolecular Hbond substituents is 1. The van der Waals surface area contributed by atoms with E-state index in [4.69, 9.17) is 0 Å². The minimum atomic E-state index is -3.93. The highest BCUT2D eigenvalue weighted by Gasteiger charge is 2.18. The molecule has 0 fully saturated rings. The molecule has 3 aromatic rings. The van der Waals surface area contributed by atoms with Gasteiger partial charge in [0.05, 0.1) is 4.90 Å². The summed E-state index contributed by atoms with van der Waals surface area (Å²) in [4.78, 5) is 14.1. The van der Waals surface area contributed by atoms with E-state index in [0.717, 1.165) is 5.39 Å². The van der Waals surface area contributed by atoms with E-state index in [1.165, 1.54) is 30.3 Å². The smallest absolute Gasteiger partial charge is 0.266 e. The predicted octanol–water partition coefficient (Wildman–Crippen LogP) is 2.17. The molecule has 3 rings (SSSR count). The first-order valence-corrected chi connectivity index (χ1v) is 8.55. The van der Waals surface area contributed by atoms with Crippen molar-refractivity contribution in [1.82, 2.24) is 10.3 Å². The molecule has 0 heterocycles. The Kier molecular flexibility index (Phi) is 4.20. The fourth-order valence-corrected chi connectivity index (χ4v) is 3.35. The zero-order valence-corrected chi connectivity index (χ0v) is 13.2. The largest absolute Gasteiger partial charge is 0.508 e. The van der Waals surface area contributed by atoms with Crippen molar-refractivity contribution < 1.29 is 18.3 Å². The Bertz CT molecular complexity index is 993. The summed E-state index contributed by atoms with van der Waals surface area (Å²) in [7, 11) is -3.93. The first-order chi connectivity index (χ1) is 11.5. The summed E-state index contributed by atoms with van der Waals surface area (Å²) in [6.45, 7) is 0. The molecule has 0 saturated heterocycles. The molecule has 0 aliphatic carbocycles. The van der Waals surface area contributed by atoms with E-state index in [2.05, 4.69) is 10.3 Å². The van der Waals surface area contributed by atoms with Gasteiger partial charge < -0.3 is 5.11 Å². The minimum Gasteiger partial charge on any atom is -0.508 e. The molecule has 6 nitrogen and oxygen atoms in total. The third-order valence-corrected chi connectivity index (χ3v) is 4.77. The summed E-state index contributed by atoms with van der Waals surface area (Å²) >= 11 is 0. The van der Waals surface area contributed by atoms with Gasteiger partial charge in [0.1, 0.15) is 5.75 Å². The van der Waals surface area contributed by atoms with Crippen molar-refractivity contribution in [1.29, 1.82) is 0 Å². The van der Waals surface area contributed by atoms with Crippen LogP contribution in [0.4, 0.5) is 0 Å². The molecule has 0 spiro atoms. The number of nitrogens with one attached hydrogen (secondary N) is 2. The summed E-state index contributed by atoms with van der Waals surface area (Å²) in [5, 5.41) is 10.5. The highest BCUT2D eigenvalue weighted by molar-refractivity contribution is 7.89. The molecule has 0 aliphatic heterocycles. The first-order valence-electron chi connectivity index (χ1n) is 7.06. The highest BCUT2D eigenvalue weighted by Crippen LogP contribution is 2.22. The van der Waals surface area contributed by atoms with Crippen LogP contribution in [0.2, 0.25) is 0 Å². The molecule has 0 aromatic heterocycles. The van der Waals surface area contributed by atoms with Gasteiger partial charge in [0.15, 0.2) is 0 Å². The van der Waals surface area contributed by atoms with E-state index >= 15 is 0 Å². The van der Waals surface area contributed by atoms with Gasteiger partial charge in [0.2, 0.25) is 0 Å². The molecule has 122 valence electrons. The Morgan fingerprint density at radius 2 is 1.54 bits per heavy atom. The maximum atomic E-state index is 12.5. The van der Waals surface area contributed by atoms with Gasteiger partial charge in [-0.2, -0.15) is 0 Å². The number of hydrogen-bond acceptors (Lipinski definition) is 4. The van der Waals surface area contributed by atoms with E-state index in [-0.39, 0.29) is 16.2 Å². The number of amides is 1. The third-order valence-electron chi connectivity index (χ3n) is 3.47. The Labute approximate surface area is 138 Å². The Morgan fingerprint density at radius 1 is 0.875 bits per heavy atom. The normalized spacial score (nSPS) is 11.3. The zero-order valence-electron chi connectivity index (χ0n) is 12.4. The van der Waals surface area contributed by atoms with E-state index in [9.17, 15) is 18.3 Å². The zero-order chi connectivity index (χ0) is 17.2. The van der Waals surface area contributed by atoms with Crippen molar-refractivity contribution in [3.8, 4) is 5.75 Å². The molecular formula is C17H14N2O4S. The molecule has 0 bridgehead atoms. The first kappa shape index (κ1) is 16.0. The van der Waals surface area contributed by atoms with Gasteiger partial charge in [-0.1, -0.05) is 36.4 Å². The summed E-state index contributed by atoms with van der Waals surface area (Å²) in [6, 6.07) is 17.4. The van der Waals surface area contributed by atoms with E-state index in [0.29, 0.717) is 5.39 Å². The molecule has 0 aliphatic rings. The topological polar surface area (TPSA) is 95.5 Å². The SMILES string of the molecule is O=C(NNS(=O)(=O)c1cccc2ccccc12)c1ccc(O)cc1. The Morgan fingerprint density at radius 3 is 2.29 bits per heavy atom. The van der Waals surface area contributed by atoms with Crippen molar-refractivity contribution >= 4 is 26.7 Å². The fourth-order valence-electron chi connectivity index (χ4n) is 2.28. The minimum absolute atomic E-state index is 0.0166. The van der Waals surface area contributed by atoms with Crippen LogP contribution in [-0.4, -0.2) is 19.4 Å². The molecule has 3 N–H and O–H groups in total. The summed E-state index contributed by atoms with van der Waals surface area (Å²) in [5.74, 6) is -0.610. The number of benzene rings is 3. The van der Waals surface area contributed by atoms with Crippen LogP contribution in [0.15, 0.2) is 71.6 Å². The van der Waals surface area contributed by atoms with Crippen molar-refractivity contribution in [2.24, 2.45) is 0 Å². The number of sulfonamides is 1. The van der Waals surface area contributed by atoms with E-state index in [1.807, 2.05) is 18.2 Å². The van der Waals surface area contributed by atoms with Crippen molar-refractivity contribution in [2.75, 3.05) is 0 Å². The van der Waals surface area contributed by atoms with Crippen LogP contribution in [-0.2, 0) is 10.0 Å². The number of carbonyl (C=O) groups is 1. The van der Waals surface area contributed by atoms with Gasteiger partial charge in [-0.15, -0.1) is 4.83 Å². The molecule has 7 heteroatoms. The lowest BCUT2D eigenvalue weighted by Gasteiger charge is -2.10. The fraction of sp³-hybridized carbons (Fsp3) is 0. The van der Waals surface area contributed by atoms with Crippen LogP contribution in [0.25, 0.3) is 10.8 Å². The lowest BCUT2D eigenvalue weighted by atomic mass is 10.1. The molecule has 0 saturated carbocycles. The lowest BCUT2D eigenvalue weighted by molar-refractivity contribution is 0.0945. The maximum absolute atomic E-state index is 12.5. The lowest BCUT2D eigenvalue weighted by Crippen LogP contribution is -2.41. The van der Waals surface area contributed by atoms with Crippen molar-refractivity contribution in [2.45, 2.75) is 4.90 Å². The molecule has 0 atom stereocenters. The highest BCUT2D eigenvalue weighted by atomic mass is 32.2. The third kappa shape index (κ3) is 3.22. The van der Waals surface area contributed by atoms with Crippen LogP contribution in [0.1, 0.15) is 10.4 Å². The molecular weight excluding hydrogens is 328 g/mol. The van der Waals surface area contributed by atoms with Gasteiger partial charge in [-0.05, 0) is 35.7 Å². The van der Waals surface area contributed by atoms with Crippen molar-refractivity contribution in [3.63, 3.8) is 0 Å². The predicted molar refractivity (Wildman–Crippen MR) is 89.8 cm³/mol. The molecule has 0 radical (unpaired) electrons. The average molecular weight is 342 g/mol. The molecule has 3 aromatic carbocycles. The average Bonchev–Trinajstić information content (AvgIpc) is 2.60. The Hall–Kier alpha value is -2.90. The monoisotopic (exact) mass is 342 g/mol. The van der Waals surface area contributed by atoms with Crippen LogP contribution in [0, 0.1) is 0 Å². The van der Waals surface area contributed by atoms with Gasteiger partial charge in [0.25, 0.3) is 15.9 Å². The second kappa shape index (κ2) is 6.31. The second-order valence-corrected chi connectivity index (χ2v) is 6.73. The second-order valence-electron chi connectivity index (χ2n) is 5.08. The standard InChI is InChI=1S/C17H14N2O4S/c20-14-10-8-13(9-11-14)17(21)18-19-24(22,23)16-7-3-5-12-4-1-2-6-15(12)16/h1-11,19-20H,(H,18,21). The number of phenols is 1. The van der Waals surface area contributed by atoms with Crippen LogP contribution >= 0.6 is 0 Å². The molecule has 0 unspecified atom stereocenters. The van der Waals surface area contributed by atoms with Crippen LogP contribution < -0.4 is 10.3 Å². The van der Waals surface area contributed by atoms with Gasteiger partial charge in [-0.25, -0.2) is 8.42 Å². The summed E-state index contributed by atoms with van der Waals surface area (Å²) in [5.41, 5.74) is 2.38. The number of aromatic hydroxyl groups is 1. The Balaban J connectivity index is 1.83. The van der Waals surface area contributed by atoms with Crippen molar-refractivity contribution in [3.05, 3.63) is 72.3 Å². The number of rotatable bonds is 4. The van der Waals surface area contributed by atoms with Gasteiger partial charge >= 0.3 is 0 Å². The number of fused-ring (bicyclic) bond motifs is 1. The van der Waals surface area contributed by atoms with E-state index < -0.39 is 15.9 Å². The molecule has 24 heavy (non-hydrogen) atoms. The van der Waals surface area contributed by atoms with Gasteiger partial charge in [-0.3, -0.25) is 10.2 Å².